The summed E-state index contributed by atoms with van der Waals surface area (Å²) in [4.78, 5) is 16.9. The number of ether oxygens (including phenoxy) is 1. The van der Waals surface area contributed by atoms with E-state index in [1.165, 1.54) is 4.52 Å². The minimum Gasteiger partial charge on any atom is -0.497 e. The third-order valence-electron chi connectivity index (χ3n) is 3.36. The molecule has 3 rings (SSSR count). The van der Waals surface area contributed by atoms with Crippen molar-refractivity contribution in [3.8, 4) is 5.75 Å². The number of benzene rings is 1. The monoisotopic (exact) mass is 269 g/mol. The van der Waals surface area contributed by atoms with E-state index in [2.05, 4.69) is 10.1 Å². The minimum absolute atomic E-state index is 0.0553. The van der Waals surface area contributed by atoms with Gasteiger partial charge in [-0.3, -0.25) is 9.89 Å². The van der Waals surface area contributed by atoms with Gasteiger partial charge in [-0.2, -0.15) is 0 Å². The van der Waals surface area contributed by atoms with E-state index in [9.17, 15) is 4.79 Å². The molecule has 0 aliphatic carbocycles. The lowest BCUT2D eigenvalue weighted by Crippen LogP contribution is -2.21. The first kappa shape index (κ1) is 12.5. The van der Waals surface area contributed by atoms with Crippen molar-refractivity contribution in [3.63, 3.8) is 0 Å². The molecule has 1 aromatic carbocycles. The topological polar surface area (TPSA) is 59.4 Å². The van der Waals surface area contributed by atoms with E-state index in [0.29, 0.717) is 17.6 Å². The fourth-order valence-corrected chi connectivity index (χ4v) is 2.30. The minimum atomic E-state index is -0.0553. The maximum absolute atomic E-state index is 12.4. The number of H-pyrrole nitrogens is 1. The van der Waals surface area contributed by atoms with E-state index in [1.807, 2.05) is 31.2 Å². The molecule has 0 aliphatic heterocycles. The van der Waals surface area contributed by atoms with E-state index < -0.39 is 0 Å². The Bertz CT molecular complexity index is 817. The van der Waals surface area contributed by atoms with E-state index in [1.54, 1.807) is 19.4 Å². The molecule has 0 radical (unpaired) electrons. The number of aromatic amines is 1. The van der Waals surface area contributed by atoms with E-state index in [0.717, 1.165) is 17.0 Å². The van der Waals surface area contributed by atoms with Crippen LogP contribution in [0.15, 0.2) is 41.3 Å². The van der Waals surface area contributed by atoms with Gasteiger partial charge in [-0.15, -0.1) is 0 Å². The average Bonchev–Trinajstić information content (AvgIpc) is 2.92. The van der Waals surface area contributed by atoms with Gasteiger partial charge < -0.3 is 4.74 Å². The SMILES string of the molecule is COc1cccc(Cc2c(C)nc3cc[nH]n3c2=O)c1. The highest BCUT2D eigenvalue weighted by Crippen LogP contribution is 2.16. The molecular weight excluding hydrogens is 254 g/mol. The lowest BCUT2D eigenvalue weighted by Gasteiger charge is -2.07. The summed E-state index contributed by atoms with van der Waals surface area (Å²) in [6.45, 7) is 1.86. The van der Waals surface area contributed by atoms with Crippen LogP contribution < -0.4 is 10.3 Å². The van der Waals surface area contributed by atoms with Crippen molar-refractivity contribution in [2.45, 2.75) is 13.3 Å². The number of nitrogens with zero attached hydrogens (tertiary/aromatic N) is 2. The Morgan fingerprint density at radius 2 is 2.20 bits per heavy atom. The smallest absolute Gasteiger partial charge is 0.276 e. The number of hydrogen-bond acceptors (Lipinski definition) is 3. The van der Waals surface area contributed by atoms with Gasteiger partial charge in [0.2, 0.25) is 0 Å². The van der Waals surface area contributed by atoms with Crippen molar-refractivity contribution < 1.29 is 4.74 Å². The Balaban J connectivity index is 2.07. The van der Waals surface area contributed by atoms with Crippen LogP contribution in [0.4, 0.5) is 0 Å². The van der Waals surface area contributed by atoms with Gasteiger partial charge in [0.25, 0.3) is 5.56 Å². The van der Waals surface area contributed by atoms with Gasteiger partial charge >= 0.3 is 0 Å². The number of nitrogens with one attached hydrogen (secondary N) is 1. The predicted molar refractivity (Wildman–Crippen MR) is 76.3 cm³/mol. The fraction of sp³-hybridized carbons (Fsp3) is 0.200. The molecule has 2 aromatic heterocycles. The standard InChI is InChI=1S/C15H15N3O2/c1-10-13(9-11-4-3-5-12(8-11)20-2)15(19)18-14(17-10)6-7-16-18/h3-8,16H,9H2,1-2H3. The fourth-order valence-electron chi connectivity index (χ4n) is 2.30. The number of fused-ring (bicyclic) bond motifs is 1. The Morgan fingerprint density at radius 1 is 1.35 bits per heavy atom. The number of hydrogen-bond donors (Lipinski definition) is 1. The molecule has 5 nitrogen and oxygen atoms in total. The summed E-state index contributed by atoms with van der Waals surface area (Å²) >= 11 is 0. The van der Waals surface area contributed by atoms with Crippen LogP contribution in [0.1, 0.15) is 16.8 Å². The van der Waals surface area contributed by atoms with Gasteiger partial charge in [0.15, 0.2) is 5.65 Å². The van der Waals surface area contributed by atoms with Crippen LogP contribution in [0.3, 0.4) is 0 Å². The number of aromatic nitrogens is 3. The molecule has 0 spiro atoms. The second-order valence-corrected chi connectivity index (χ2v) is 4.67. The summed E-state index contributed by atoms with van der Waals surface area (Å²) in [7, 11) is 1.63. The Morgan fingerprint density at radius 3 is 3.00 bits per heavy atom. The number of aryl methyl sites for hydroxylation is 1. The van der Waals surface area contributed by atoms with Gasteiger partial charge in [0.1, 0.15) is 5.75 Å². The maximum atomic E-state index is 12.4. The van der Waals surface area contributed by atoms with Crippen molar-refractivity contribution in [1.29, 1.82) is 0 Å². The van der Waals surface area contributed by atoms with E-state index in [4.69, 9.17) is 4.74 Å². The molecule has 0 unspecified atom stereocenters. The van der Waals surface area contributed by atoms with Crippen LogP contribution in [0.25, 0.3) is 5.65 Å². The van der Waals surface area contributed by atoms with Gasteiger partial charge in [-0.25, -0.2) is 9.50 Å². The third-order valence-corrected chi connectivity index (χ3v) is 3.36. The van der Waals surface area contributed by atoms with Crippen molar-refractivity contribution >= 4 is 5.65 Å². The molecular formula is C15H15N3O2. The molecule has 0 saturated heterocycles. The molecule has 0 saturated carbocycles. The highest BCUT2D eigenvalue weighted by molar-refractivity contribution is 5.40. The molecule has 1 N–H and O–H groups in total. The van der Waals surface area contributed by atoms with E-state index >= 15 is 0 Å². The summed E-state index contributed by atoms with van der Waals surface area (Å²) in [6, 6.07) is 9.49. The van der Waals surface area contributed by atoms with Gasteiger partial charge in [-0.05, 0) is 24.6 Å². The summed E-state index contributed by atoms with van der Waals surface area (Å²) in [5, 5.41) is 2.88. The number of rotatable bonds is 3. The van der Waals surface area contributed by atoms with Gasteiger partial charge in [0.05, 0.1) is 7.11 Å². The van der Waals surface area contributed by atoms with Crippen molar-refractivity contribution in [3.05, 3.63) is 63.7 Å². The van der Waals surface area contributed by atoms with Gasteiger partial charge in [0, 0.05) is 29.9 Å². The molecule has 20 heavy (non-hydrogen) atoms. The Kier molecular flexibility index (Phi) is 3.02. The summed E-state index contributed by atoms with van der Waals surface area (Å²) in [6.07, 6.45) is 2.25. The Labute approximate surface area is 115 Å². The molecule has 3 aromatic rings. The molecule has 5 heteroatoms. The number of methoxy groups -OCH3 is 1. The second-order valence-electron chi connectivity index (χ2n) is 4.67. The highest BCUT2D eigenvalue weighted by Gasteiger charge is 2.11. The van der Waals surface area contributed by atoms with Crippen molar-refractivity contribution in [2.75, 3.05) is 7.11 Å². The van der Waals surface area contributed by atoms with Crippen LogP contribution in [0.5, 0.6) is 5.75 Å². The molecule has 102 valence electrons. The highest BCUT2D eigenvalue weighted by atomic mass is 16.5. The first-order valence-corrected chi connectivity index (χ1v) is 6.37. The normalized spacial score (nSPS) is 10.9. The van der Waals surface area contributed by atoms with Gasteiger partial charge in [-0.1, -0.05) is 12.1 Å². The van der Waals surface area contributed by atoms with Crippen LogP contribution in [0.2, 0.25) is 0 Å². The molecule has 2 heterocycles. The van der Waals surface area contributed by atoms with Crippen molar-refractivity contribution in [1.82, 2.24) is 14.6 Å². The third kappa shape index (κ3) is 2.07. The Hall–Kier alpha value is -2.56. The lowest BCUT2D eigenvalue weighted by atomic mass is 10.0. The molecule has 0 bridgehead atoms. The zero-order chi connectivity index (χ0) is 14.1. The second kappa shape index (κ2) is 4.85. The molecule has 0 atom stereocenters. The first-order valence-electron chi connectivity index (χ1n) is 6.37. The summed E-state index contributed by atoms with van der Waals surface area (Å²) in [5.41, 5.74) is 3.07. The summed E-state index contributed by atoms with van der Waals surface area (Å²) in [5.74, 6) is 0.786. The quantitative estimate of drug-likeness (QED) is 0.790. The maximum Gasteiger partial charge on any atom is 0.276 e. The molecule has 0 aliphatic rings. The molecule has 0 amide bonds. The molecule has 0 fully saturated rings. The average molecular weight is 269 g/mol. The van der Waals surface area contributed by atoms with Crippen LogP contribution >= 0.6 is 0 Å². The zero-order valence-corrected chi connectivity index (χ0v) is 11.4. The van der Waals surface area contributed by atoms with Crippen LogP contribution in [-0.2, 0) is 6.42 Å². The first-order chi connectivity index (χ1) is 9.69. The van der Waals surface area contributed by atoms with Crippen molar-refractivity contribution in [2.24, 2.45) is 0 Å². The van der Waals surface area contributed by atoms with Crippen LogP contribution in [0, 0.1) is 6.92 Å². The largest absolute Gasteiger partial charge is 0.497 e. The predicted octanol–water partition coefficient (Wildman–Crippen LogP) is 1.93. The summed E-state index contributed by atoms with van der Waals surface area (Å²) < 4.78 is 6.67. The zero-order valence-electron chi connectivity index (χ0n) is 11.4. The van der Waals surface area contributed by atoms with E-state index in [-0.39, 0.29) is 5.56 Å². The lowest BCUT2D eigenvalue weighted by molar-refractivity contribution is 0.414. The van der Waals surface area contributed by atoms with Crippen LogP contribution in [-0.4, -0.2) is 21.7 Å².